The third-order valence-electron chi connectivity index (χ3n) is 7.18. The zero-order valence-corrected chi connectivity index (χ0v) is 20.0. The molecule has 3 fully saturated rings. The maximum Gasteiger partial charge on any atom is 0.246 e. The van der Waals surface area contributed by atoms with Crippen molar-refractivity contribution in [2.24, 2.45) is 5.92 Å². The number of piperidine rings is 1. The van der Waals surface area contributed by atoms with E-state index in [1.54, 1.807) is 13.8 Å². The van der Waals surface area contributed by atoms with Gasteiger partial charge in [0.2, 0.25) is 21.8 Å². The van der Waals surface area contributed by atoms with Crippen LogP contribution < -0.4 is 5.32 Å². The van der Waals surface area contributed by atoms with Crippen molar-refractivity contribution in [2.75, 3.05) is 26.2 Å². The average molecular weight is 466 g/mol. The fraction of sp³-hybridized carbons (Fsp3) is 0.773. The molecule has 1 aromatic rings. The summed E-state index contributed by atoms with van der Waals surface area (Å²) < 4.78 is 29.8. The zero-order valence-electron chi connectivity index (χ0n) is 19.2. The molecule has 0 spiro atoms. The van der Waals surface area contributed by atoms with E-state index in [1.807, 2.05) is 4.90 Å². The summed E-state index contributed by atoms with van der Waals surface area (Å²) in [4.78, 5) is 27.1. The molecule has 2 saturated heterocycles. The molecule has 2 aliphatic heterocycles. The monoisotopic (exact) mass is 465 g/mol. The van der Waals surface area contributed by atoms with E-state index in [4.69, 9.17) is 0 Å². The molecule has 10 heteroatoms. The van der Waals surface area contributed by atoms with Gasteiger partial charge in [-0.05, 0) is 52.4 Å². The van der Waals surface area contributed by atoms with Crippen LogP contribution in [0.1, 0.15) is 62.8 Å². The lowest BCUT2D eigenvalue weighted by molar-refractivity contribution is -0.131. The van der Waals surface area contributed by atoms with Gasteiger partial charge in [-0.25, -0.2) is 8.42 Å². The van der Waals surface area contributed by atoms with E-state index in [-0.39, 0.29) is 35.2 Å². The number of carbonyl (C=O) groups is 2. The molecule has 3 aliphatic rings. The van der Waals surface area contributed by atoms with Gasteiger partial charge in [-0.1, -0.05) is 12.8 Å². The Bertz CT molecular complexity index is 953. The summed E-state index contributed by atoms with van der Waals surface area (Å²) in [5, 5.41) is 7.52. The van der Waals surface area contributed by atoms with Crippen LogP contribution in [-0.2, 0) is 26.2 Å². The van der Waals surface area contributed by atoms with Crippen molar-refractivity contribution in [3.63, 3.8) is 0 Å². The van der Waals surface area contributed by atoms with Gasteiger partial charge in [0.05, 0.1) is 11.4 Å². The number of rotatable bonds is 6. The second-order valence-corrected chi connectivity index (χ2v) is 11.3. The van der Waals surface area contributed by atoms with Crippen molar-refractivity contribution in [3.8, 4) is 0 Å². The van der Waals surface area contributed by atoms with Crippen LogP contribution in [0.3, 0.4) is 0 Å². The van der Waals surface area contributed by atoms with Crippen LogP contribution in [0.2, 0.25) is 0 Å². The van der Waals surface area contributed by atoms with Crippen LogP contribution in [0.4, 0.5) is 0 Å². The largest absolute Gasteiger partial charge is 0.353 e. The summed E-state index contributed by atoms with van der Waals surface area (Å²) in [5.41, 5.74) is 0.911. The highest BCUT2D eigenvalue weighted by Crippen LogP contribution is 2.28. The zero-order chi connectivity index (χ0) is 22.9. The molecular weight excluding hydrogens is 430 g/mol. The summed E-state index contributed by atoms with van der Waals surface area (Å²) in [7, 11) is -3.74. The molecule has 9 nitrogen and oxygen atoms in total. The lowest BCUT2D eigenvalue weighted by Gasteiger charge is -2.31. The van der Waals surface area contributed by atoms with Crippen molar-refractivity contribution in [2.45, 2.75) is 82.7 Å². The predicted molar refractivity (Wildman–Crippen MR) is 119 cm³/mol. The second-order valence-electron chi connectivity index (χ2n) is 9.41. The van der Waals surface area contributed by atoms with E-state index in [0.717, 1.165) is 51.6 Å². The third-order valence-corrected chi connectivity index (χ3v) is 9.33. The Balaban J connectivity index is 1.40. The maximum absolute atomic E-state index is 13.4. The molecule has 1 aromatic heterocycles. The van der Waals surface area contributed by atoms with Gasteiger partial charge in [0, 0.05) is 38.1 Å². The van der Waals surface area contributed by atoms with E-state index < -0.39 is 10.0 Å². The number of nitrogens with one attached hydrogen (secondary N) is 1. The molecule has 3 heterocycles. The maximum atomic E-state index is 13.4. The molecule has 4 rings (SSSR count). The molecule has 1 saturated carbocycles. The number of amides is 2. The van der Waals surface area contributed by atoms with Crippen molar-refractivity contribution in [1.29, 1.82) is 0 Å². The molecule has 0 atom stereocenters. The van der Waals surface area contributed by atoms with Crippen LogP contribution in [0.15, 0.2) is 4.90 Å². The highest BCUT2D eigenvalue weighted by molar-refractivity contribution is 7.89. The number of hydrogen-bond acceptors (Lipinski definition) is 5. The summed E-state index contributed by atoms with van der Waals surface area (Å²) in [6, 6.07) is 0.281. The topological polar surface area (TPSA) is 105 Å². The minimum Gasteiger partial charge on any atom is -0.353 e. The first kappa shape index (κ1) is 23.2. The van der Waals surface area contributed by atoms with E-state index in [9.17, 15) is 18.0 Å². The Kier molecular flexibility index (Phi) is 6.90. The van der Waals surface area contributed by atoms with Crippen molar-refractivity contribution in [3.05, 3.63) is 11.4 Å². The first-order valence-corrected chi connectivity index (χ1v) is 13.3. The summed E-state index contributed by atoms with van der Waals surface area (Å²) in [6.07, 6.45) is 7.49. The Hall–Kier alpha value is -1.94. The Morgan fingerprint density at radius 3 is 2.22 bits per heavy atom. The molecule has 1 aliphatic carbocycles. The molecule has 32 heavy (non-hydrogen) atoms. The average Bonchev–Trinajstić information content (AvgIpc) is 3.51. The van der Waals surface area contributed by atoms with Crippen LogP contribution >= 0.6 is 0 Å². The number of hydrogen-bond donors (Lipinski definition) is 1. The normalized spacial score (nSPS) is 21.4. The molecule has 0 unspecified atom stereocenters. The second kappa shape index (κ2) is 9.51. The molecule has 1 N–H and O–H groups in total. The lowest BCUT2D eigenvalue weighted by Crippen LogP contribution is -2.45. The Morgan fingerprint density at radius 2 is 1.59 bits per heavy atom. The fourth-order valence-electron chi connectivity index (χ4n) is 5.28. The smallest absolute Gasteiger partial charge is 0.246 e. The highest BCUT2D eigenvalue weighted by Gasteiger charge is 2.36. The molecular formula is C22H35N5O4S. The minimum atomic E-state index is -3.74. The first-order valence-electron chi connectivity index (χ1n) is 11.9. The van der Waals surface area contributed by atoms with Crippen LogP contribution in [0, 0.1) is 19.8 Å². The standard InChI is InChI=1S/C22H35N5O4S/c1-16-21(17(2)27(24-16)15-20(28)25-11-5-6-12-25)32(30,31)26-13-9-18(10-14-26)22(29)23-19-7-3-4-8-19/h18-19H,3-15H2,1-2H3,(H,23,29). The summed E-state index contributed by atoms with van der Waals surface area (Å²) in [6.45, 7) is 5.61. The number of likely N-dealkylation sites (tertiary alicyclic amines) is 1. The van der Waals surface area contributed by atoms with Gasteiger partial charge in [-0.15, -0.1) is 0 Å². The predicted octanol–water partition coefficient (Wildman–Crippen LogP) is 1.58. The highest BCUT2D eigenvalue weighted by atomic mass is 32.2. The number of sulfonamides is 1. The summed E-state index contributed by atoms with van der Waals surface area (Å²) in [5.74, 6) is -0.0919. The van der Waals surface area contributed by atoms with Gasteiger partial charge < -0.3 is 10.2 Å². The van der Waals surface area contributed by atoms with Gasteiger partial charge >= 0.3 is 0 Å². The van der Waals surface area contributed by atoms with Crippen LogP contribution in [0.5, 0.6) is 0 Å². The van der Waals surface area contributed by atoms with E-state index >= 15 is 0 Å². The third kappa shape index (κ3) is 4.71. The number of aromatic nitrogens is 2. The number of nitrogens with zero attached hydrogens (tertiary/aromatic N) is 4. The van der Waals surface area contributed by atoms with Gasteiger partial charge in [0.1, 0.15) is 11.4 Å². The Labute approximate surface area is 190 Å². The van der Waals surface area contributed by atoms with E-state index in [2.05, 4.69) is 10.4 Å². The van der Waals surface area contributed by atoms with Gasteiger partial charge in [0.25, 0.3) is 0 Å². The lowest BCUT2D eigenvalue weighted by atomic mass is 9.97. The molecule has 0 aromatic carbocycles. The van der Waals surface area contributed by atoms with Crippen LogP contribution in [0.25, 0.3) is 0 Å². The molecule has 0 bridgehead atoms. The fourth-order valence-corrected chi connectivity index (χ4v) is 7.12. The van der Waals surface area contributed by atoms with Gasteiger partial charge in [-0.2, -0.15) is 9.40 Å². The molecule has 2 amide bonds. The number of carbonyl (C=O) groups excluding carboxylic acids is 2. The van der Waals surface area contributed by atoms with E-state index in [1.165, 1.54) is 8.99 Å². The number of aryl methyl sites for hydroxylation is 1. The van der Waals surface area contributed by atoms with Crippen molar-refractivity contribution >= 4 is 21.8 Å². The minimum absolute atomic E-state index is 0.0221. The molecule has 178 valence electrons. The van der Waals surface area contributed by atoms with Crippen molar-refractivity contribution in [1.82, 2.24) is 24.3 Å². The van der Waals surface area contributed by atoms with E-state index in [0.29, 0.717) is 37.3 Å². The summed E-state index contributed by atoms with van der Waals surface area (Å²) >= 11 is 0. The van der Waals surface area contributed by atoms with Crippen LogP contribution in [-0.4, -0.2) is 71.4 Å². The quantitative estimate of drug-likeness (QED) is 0.687. The Morgan fingerprint density at radius 1 is 0.969 bits per heavy atom. The van der Waals surface area contributed by atoms with Gasteiger partial charge in [-0.3, -0.25) is 14.3 Å². The SMILES string of the molecule is Cc1nn(CC(=O)N2CCCC2)c(C)c1S(=O)(=O)N1CCC(C(=O)NC2CCCC2)CC1. The van der Waals surface area contributed by atoms with Gasteiger partial charge in [0.15, 0.2) is 0 Å². The molecule has 0 radical (unpaired) electrons. The first-order chi connectivity index (χ1) is 15.3. The van der Waals surface area contributed by atoms with Crippen molar-refractivity contribution < 1.29 is 18.0 Å².